The van der Waals surface area contributed by atoms with Gasteiger partial charge < -0.3 is 24.4 Å². The molecule has 1 atom stereocenters. The Hall–Kier alpha value is -3.23. The number of ether oxygens (including phenoxy) is 3. The molecule has 0 bridgehead atoms. The van der Waals surface area contributed by atoms with Gasteiger partial charge in [0, 0.05) is 25.6 Å². The maximum absolute atomic E-state index is 12.4. The molecule has 2 heterocycles. The van der Waals surface area contributed by atoms with E-state index in [9.17, 15) is 9.59 Å². The second-order valence-corrected chi connectivity index (χ2v) is 6.23. The molecule has 2 N–H and O–H groups in total. The Bertz CT molecular complexity index is 838. The molecule has 2 amide bonds. The number of amides is 2. The first kappa shape index (κ1) is 18.6. The summed E-state index contributed by atoms with van der Waals surface area (Å²) in [4.78, 5) is 25.6. The molecule has 9 heteroatoms. The van der Waals surface area contributed by atoms with Crippen molar-refractivity contribution in [3.63, 3.8) is 0 Å². The summed E-state index contributed by atoms with van der Waals surface area (Å²) in [5.74, 6) is 1.17. The van der Waals surface area contributed by atoms with E-state index < -0.39 is 0 Å². The number of nitrogens with one attached hydrogen (secondary N) is 2. The highest BCUT2D eigenvalue weighted by Gasteiger charge is 2.28. The minimum absolute atomic E-state index is 0.0167. The Morgan fingerprint density at radius 1 is 1.19 bits per heavy atom. The van der Waals surface area contributed by atoms with Crippen LogP contribution in [0.1, 0.15) is 16.9 Å². The lowest BCUT2D eigenvalue weighted by Gasteiger charge is -2.13. The van der Waals surface area contributed by atoms with Crippen LogP contribution in [0.25, 0.3) is 11.3 Å². The molecule has 3 rings (SSSR count). The van der Waals surface area contributed by atoms with Crippen molar-refractivity contribution in [1.29, 1.82) is 0 Å². The largest absolute Gasteiger partial charge is 0.493 e. The van der Waals surface area contributed by atoms with Crippen LogP contribution in [0, 0.1) is 0 Å². The maximum atomic E-state index is 12.4. The molecule has 9 nitrogen and oxygen atoms in total. The Labute approximate surface area is 156 Å². The molecular weight excluding hydrogens is 352 g/mol. The first-order valence-electron chi connectivity index (χ1n) is 8.37. The number of hydrogen-bond acceptors (Lipinski definition) is 6. The molecule has 2 aromatic rings. The number of rotatable bonds is 6. The van der Waals surface area contributed by atoms with Crippen molar-refractivity contribution in [3.05, 3.63) is 23.9 Å². The van der Waals surface area contributed by atoms with Gasteiger partial charge in [-0.1, -0.05) is 0 Å². The molecule has 1 fully saturated rings. The molecule has 0 saturated carbocycles. The molecule has 27 heavy (non-hydrogen) atoms. The molecule has 144 valence electrons. The van der Waals surface area contributed by atoms with Crippen LogP contribution >= 0.6 is 0 Å². The van der Waals surface area contributed by atoms with Crippen molar-refractivity contribution >= 4 is 11.8 Å². The fourth-order valence-corrected chi connectivity index (χ4v) is 3.04. The van der Waals surface area contributed by atoms with E-state index >= 15 is 0 Å². The number of benzene rings is 1. The third-order valence-corrected chi connectivity index (χ3v) is 4.46. The Morgan fingerprint density at radius 2 is 1.85 bits per heavy atom. The predicted octanol–water partition coefficient (Wildman–Crippen LogP) is 1.06. The van der Waals surface area contributed by atoms with Crippen LogP contribution in [-0.4, -0.2) is 67.9 Å². The summed E-state index contributed by atoms with van der Waals surface area (Å²) >= 11 is 0. The molecule has 1 aliphatic rings. The van der Waals surface area contributed by atoms with E-state index in [-0.39, 0.29) is 17.9 Å². The van der Waals surface area contributed by atoms with Gasteiger partial charge in [0.2, 0.25) is 11.7 Å². The summed E-state index contributed by atoms with van der Waals surface area (Å²) in [5, 5.41) is 9.78. The van der Waals surface area contributed by atoms with E-state index in [1.54, 1.807) is 30.1 Å². The number of likely N-dealkylation sites (tertiary alicyclic amines) is 1. The molecule has 1 saturated heterocycles. The molecule has 0 spiro atoms. The van der Waals surface area contributed by atoms with Crippen molar-refractivity contribution in [3.8, 4) is 28.5 Å². The van der Waals surface area contributed by atoms with E-state index in [1.165, 1.54) is 21.3 Å². The van der Waals surface area contributed by atoms with Gasteiger partial charge in [0.1, 0.15) is 5.69 Å². The predicted molar refractivity (Wildman–Crippen MR) is 97.2 cm³/mol. The van der Waals surface area contributed by atoms with E-state index in [1.807, 2.05) is 0 Å². The van der Waals surface area contributed by atoms with E-state index in [0.717, 1.165) is 0 Å². The van der Waals surface area contributed by atoms with Crippen LogP contribution in [-0.2, 0) is 4.79 Å². The van der Waals surface area contributed by atoms with Gasteiger partial charge in [0.25, 0.3) is 5.91 Å². The van der Waals surface area contributed by atoms with E-state index in [4.69, 9.17) is 14.2 Å². The zero-order chi connectivity index (χ0) is 19.6. The average Bonchev–Trinajstić information content (AvgIpc) is 3.27. The second kappa shape index (κ2) is 7.56. The number of carbonyl (C=O) groups excluding carboxylic acids is 2. The fraction of sp³-hybridized carbons (Fsp3) is 0.389. The van der Waals surface area contributed by atoms with E-state index in [2.05, 4.69) is 15.5 Å². The molecule has 1 aromatic carbocycles. The standard InChI is InChI=1S/C18H22N4O5/c1-22-9-11(7-16(22)23)19-18(24)13-8-12(20-21-13)10-5-14(25-2)17(27-4)15(6-10)26-3/h5-6,8,11H,7,9H2,1-4H3,(H,19,24)(H,20,21). The average molecular weight is 374 g/mol. The number of methoxy groups -OCH3 is 3. The first-order chi connectivity index (χ1) is 13.0. The zero-order valence-corrected chi connectivity index (χ0v) is 15.7. The van der Waals surface area contributed by atoms with Crippen LogP contribution < -0.4 is 19.5 Å². The monoisotopic (exact) mass is 374 g/mol. The van der Waals surface area contributed by atoms with Gasteiger partial charge in [0.15, 0.2) is 11.5 Å². The zero-order valence-electron chi connectivity index (χ0n) is 15.7. The highest BCUT2D eigenvalue weighted by molar-refractivity contribution is 5.94. The molecule has 0 radical (unpaired) electrons. The topological polar surface area (TPSA) is 106 Å². The summed E-state index contributed by atoms with van der Waals surface area (Å²) in [7, 11) is 6.31. The number of hydrogen-bond donors (Lipinski definition) is 2. The van der Waals surface area contributed by atoms with Crippen LogP contribution in [0.4, 0.5) is 0 Å². The van der Waals surface area contributed by atoms with Crippen LogP contribution in [0.3, 0.4) is 0 Å². The van der Waals surface area contributed by atoms with Gasteiger partial charge in [-0.3, -0.25) is 14.7 Å². The van der Waals surface area contributed by atoms with Gasteiger partial charge in [-0.25, -0.2) is 0 Å². The summed E-state index contributed by atoms with van der Waals surface area (Å²) in [6, 6.07) is 4.94. The van der Waals surface area contributed by atoms with Gasteiger partial charge in [-0.2, -0.15) is 5.10 Å². The smallest absolute Gasteiger partial charge is 0.269 e. The number of carbonyl (C=O) groups is 2. The highest BCUT2D eigenvalue weighted by Crippen LogP contribution is 2.40. The Kier molecular flexibility index (Phi) is 5.20. The summed E-state index contributed by atoms with van der Waals surface area (Å²) < 4.78 is 16.0. The minimum atomic E-state index is -0.311. The number of likely N-dealkylation sites (N-methyl/N-ethyl adjacent to an activating group) is 1. The number of aromatic amines is 1. The number of H-pyrrole nitrogens is 1. The minimum Gasteiger partial charge on any atom is -0.493 e. The third kappa shape index (κ3) is 3.67. The molecule has 0 aliphatic carbocycles. The normalized spacial score (nSPS) is 16.4. The summed E-state index contributed by atoms with van der Waals surface area (Å²) in [6.07, 6.45) is 0.302. The second-order valence-electron chi connectivity index (χ2n) is 6.23. The Balaban J connectivity index is 1.81. The first-order valence-corrected chi connectivity index (χ1v) is 8.37. The molecule has 1 unspecified atom stereocenters. The van der Waals surface area contributed by atoms with Crippen molar-refractivity contribution in [2.45, 2.75) is 12.5 Å². The third-order valence-electron chi connectivity index (χ3n) is 4.46. The lowest BCUT2D eigenvalue weighted by molar-refractivity contribution is -0.126. The summed E-state index contributed by atoms with van der Waals surface area (Å²) in [6.45, 7) is 0.498. The number of aromatic nitrogens is 2. The van der Waals surface area contributed by atoms with Crippen LogP contribution in [0.15, 0.2) is 18.2 Å². The SMILES string of the molecule is COc1cc(-c2cc(C(=O)NC3CC(=O)N(C)C3)[nH]n2)cc(OC)c1OC. The quantitative estimate of drug-likeness (QED) is 0.783. The molecular formula is C18H22N4O5. The summed E-state index contributed by atoms with van der Waals surface area (Å²) in [5.41, 5.74) is 1.57. The van der Waals surface area contributed by atoms with Gasteiger partial charge >= 0.3 is 0 Å². The van der Waals surface area contributed by atoms with Gasteiger partial charge in [-0.05, 0) is 18.2 Å². The van der Waals surface area contributed by atoms with Crippen LogP contribution in [0.2, 0.25) is 0 Å². The van der Waals surface area contributed by atoms with Gasteiger partial charge in [-0.15, -0.1) is 0 Å². The van der Waals surface area contributed by atoms with Crippen molar-refractivity contribution in [2.75, 3.05) is 34.9 Å². The molecule has 1 aromatic heterocycles. The fourth-order valence-electron chi connectivity index (χ4n) is 3.04. The van der Waals surface area contributed by atoms with Crippen molar-refractivity contribution < 1.29 is 23.8 Å². The lowest BCUT2D eigenvalue weighted by atomic mass is 10.1. The lowest BCUT2D eigenvalue weighted by Crippen LogP contribution is -2.36. The number of nitrogens with zero attached hydrogens (tertiary/aromatic N) is 2. The van der Waals surface area contributed by atoms with Gasteiger partial charge in [0.05, 0.1) is 33.1 Å². The van der Waals surface area contributed by atoms with E-state index in [0.29, 0.717) is 47.2 Å². The van der Waals surface area contributed by atoms with Crippen LogP contribution in [0.5, 0.6) is 17.2 Å². The van der Waals surface area contributed by atoms with Crippen molar-refractivity contribution in [1.82, 2.24) is 20.4 Å². The van der Waals surface area contributed by atoms with Crippen molar-refractivity contribution in [2.24, 2.45) is 0 Å². The maximum Gasteiger partial charge on any atom is 0.269 e. The Morgan fingerprint density at radius 3 is 2.37 bits per heavy atom. The molecule has 1 aliphatic heterocycles. The highest BCUT2D eigenvalue weighted by atomic mass is 16.5.